The van der Waals surface area contributed by atoms with Crippen LogP contribution < -0.4 is 16.6 Å². The molecule has 0 amide bonds. The number of aromatic nitrogens is 1. The highest BCUT2D eigenvalue weighted by Crippen LogP contribution is 2.21. The lowest BCUT2D eigenvalue weighted by molar-refractivity contribution is 0.373. The van der Waals surface area contributed by atoms with E-state index in [1.54, 1.807) is 23.9 Å². The lowest BCUT2D eigenvalue weighted by Crippen LogP contribution is -2.44. The van der Waals surface area contributed by atoms with Crippen molar-refractivity contribution in [3.05, 3.63) is 28.7 Å². The Morgan fingerprint density at radius 2 is 2.29 bits per heavy atom. The molecule has 76 valence electrons. The summed E-state index contributed by atoms with van der Waals surface area (Å²) in [5.41, 5.74) is 6.58. The van der Waals surface area contributed by atoms with Gasteiger partial charge in [-0.25, -0.2) is 0 Å². The third kappa shape index (κ3) is 1.80. The van der Waals surface area contributed by atoms with Gasteiger partial charge in [-0.05, 0) is 18.9 Å². The summed E-state index contributed by atoms with van der Waals surface area (Å²) >= 11 is 0. The summed E-state index contributed by atoms with van der Waals surface area (Å²) in [6.45, 7) is 0. The van der Waals surface area contributed by atoms with E-state index in [2.05, 4.69) is 5.32 Å². The van der Waals surface area contributed by atoms with Crippen LogP contribution in [0.25, 0.3) is 0 Å². The quantitative estimate of drug-likeness (QED) is 0.709. The standard InChI is InChI=1S/C10H15N3O/c1-13-3-2-8(6-10(13)14)12-9-4-7(11)5-9/h2-3,6-7,9,12H,4-5,11H2,1H3. The van der Waals surface area contributed by atoms with Crippen LogP contribution in [0.2, 0.25) is 0 Å². The van der Waals surface area contributed by atoms with Crippen LogP contribution in [0.3, 0.4) is 0 Å². The zero-order valence-corrected chi connectivity index (χ0v) is 8.23. The highest BCUT2D eigenvalue weighted by molar-refractivity contribution is 5.42. The van der Waals surface area contributed by atoms with Gasteiger partial charge in [-0.2, -0.15) is 0 Å². The zero-order chi connectivity index (χ0) is 10.1. The number of aryl methyl sites for hydroxylation is 1. The van der Waals surface area contributed by atoms with Crippen molar-refractivity contribution in [2.75, 3.05) is 5.32 Å². The number of nitrogens with zero attached hydrogens (tertiary/aromatic N) is 1. The minimum absolute atomic E-state index is 0.0126. The molecule has 0 aromatic carbocycles. The van der Waals surface area contributed by atoms with Gasteiger partial charge in [-0.3, -0.25) is 4.79 Å². The monoisotopic (exact) mass is 193 g/mol. The Bertz CT molecular complexity index is 379. The smallest absolute Gasteiger partial charge is 0.252 e. The minimum Gasteiger partial charge on any atom is -0.382 e. The van der Waals surface area contributed by atoms with Crippen molar-refractivity contribution in [1.82, 2.24) is 4.57 Å². The highest BCUT2D eigenvalue weighted by atomic mass is 16.1. The van der Waals surface area contributed by atoms with E-state index < -0.39 is 0 Å². The van der Waals surface area contributed by atoms with Crippen molar-refractivity contribution in [3.8, 4) is 0 Å². The van der Waals surface area contributed by atoms with E-state index >= 15 is 0 Å². The topological polar surface area (TPSA) is 60.1 Å². The number of nitrogens with one attached hydrogen (secondary N) is 1. The normalized spacial score (nSPS) is 25.6. The fourth-order valence-electron chi connectivity index (χ4n) is 1.65. The molecule has 1 heterocycles. The molecule has 0 unspecified atom stereocenters. The van der Waals surface area contributed by atoms with E-state index in [1.807, 2.05) is 6.07 Å². The Hall–Kier alpha value is -1.29. The van der Waals surface area contributed by atoms with Gasteiger partial charge in [0.15, 0.2) is 0 Å². The summed E-state index contributed by atoms with van der Waals surface area (Å²) in [5.74, 6) is 0. The molecule has 3 N–H and O–H groups in total. The molecule has 0 saturated heterocycles. The first-order chi connectivity index (χ1) is 6.65. The average molecular weight is 193 g/mol. The molecule has 0 bridgehead atoms. The van der Waals surface area contributed by atoms with Crippen molar-refractivity contribution in [2.24, 2.45) is 12.8 Å². The molecular formula is C10H15N3O. The fourth-order valence-corrected chi connectivity index (χ4v) is 1.65. The molecule has 1 aromatic heterocycles. The third-order valence-corrected chi connectivity index (χ3v) is 2.65. The molecule has 0 aliphatic heterocycles. The van der Waals surface area contributed by atoms with Gasteiger partial charge in [-0.15, -0.1) is 0 Å². The Morgan fingerprint density at radius 3 is 2.86 bits per heavy atom. The molecule has 1 saturated carbocycles. The molecular weight excluding hydrogens is 178 g/mol. The second kappa shape index (κ2) is 3.46. The largest absolute Gasteiger partial charge is 0.382 e. The number of nitrogens with two attached hydrogens (primary N) is 1. The number of hydrogen-bond acceptors (Lipinski definition) is 3. The molecule has 2 rings (SSSR count). The molecule has 0 atom stereocenters. The van der Waals surface area contributed by atoms with Crippen molar-refractivity contribution in [3.63, 3.8) is 0 Å². The zero-order valence-electron chi connectivity index (χ0n) is 8.23. The van der Waals surface area contributed by atoms with E-state index in [4.69, 9.17) is 5.73 Å². The van der Waals surface area contributed by atoms with Crippen molar-refractivity contribution >= 4 is 5.69 Å². The van der Waals surface area contributed by atoms with E-state index in [1.165, 1.54) is 0 Å². The molecule has 1 aromatic rings. The maximum absolute atomic E-state index is 11.3. The lowest BCUT2D eigenvalue weighted by atomic mass is 9.87. The van der Waals surface area contributed by atoms with Crippen LogP contribution in [-0.4, -0.2) is 16.7 Å². The summed E-state index contributed by atoms with van der Waals surface area (Å²) in [6.07, 6.45) is 3.76. The molecule has 1 fully saturated rings. The maximum atomic E-state index is 11.3. The van der Waals surface area contributed by atoms with E-state index in [0.717, 1.165) is 18.5 Å². The number of anilines is 1. The second-order valence-corrected chi connectivity index (χ2v) is 3.94. The maximum Gasteiger partial charge on any atom is 0.252 e. The summed E-state index contributed by atoms with van der Waals surface area (Å²) in [6, 6.07) is 4.30. The van der Waals surface area contributed by atoms with Gasteiger partial charge in [0.05, 0.1) is 0 Å². The molecule has 14 heavy (non-hydrogen) atoms. The SMILES string of the molecule is Cn1ccc(NC2CC(N)C2)cc1=O. The average Bonchev–Trinajstić information content (AvgIpc) is 2.09. The highest BCUT2D eigenvalue weighted by Gasteiger charge is 2.25. The predicted molar refractivity (Wildman–Crippen MR) is 56.3 cm³/mol. The summed E-state index contributed by atoms with van der Waals surface area (Å²) in [4.78, 5) is 11.3. The van der Waals surface area contributed by atoms with Crippen LogP contribution in [0.5, 0.6) is 0 Å². The summed E-state index contributed by atoms with van der Waals surface area (Å²) < 4.78 is 1.55. The van der Waals surface area contributed by atoms with Crippen molar-refractivity contribution < 1.29 is 0 Å². The van der Waals surface area contributed by atoms with Gasteiger partial charge < -0.3 is 15.6 Å². The van der Waals surface area contributed by atoms with E-state index in [-0.39, 0.29) is 5.56 Å². The Morgan fingerprint density at radius 1 is 1.57 bits per heavy atom. The van der Waals surface area contributed by atoms with Crippen molar-refractivity contribution in [1.29, 1.82) is 0 Å². The molecule has 4 heteroatoms. The summed E-state index contributed by atoms with van der Waals surface area (Å²) in [5, 5.41) is 3.28. The number of rotatable bonds is 2. The van der Waals surface area contributed by atoms with Gasteiger partial charge in [0.25, 0.3) is 5.56 Å². The van der Waals surface area contributed by atoms with E-state index in [0.29, 0.717) is 12.1 Å². The number of pyridine rings is 1. The molecule has 4 nitrogen and oxygen atoms in total. The molecule has 0 radical (unpaired) electrons. The molecule has 1 aliphatic rings. The predicted octanol–water partition coefficient (Wildman–Crippen LogP) is 0.287. The van der Waals surface area contributed by atoms with Crippen LogP contribution in [0.4, 0.5) is 5.69 Å². The molecule has 1 aliphatic carbocycles. The van der Waals surface area contributed by atoms with Gasteiger partial charge in [-0.1, -0.05) is 0 Å². The third-order valence-electron chi connectivity index (χ3n) is 2.65. The first-order valence-electron chi connectivity index (χ1n) is 4.84. The Labute approximate surface area is 82.7 Å². The first kappa shape index (κ1) is 9.27. The van der Waals surface area contributed by atoms with Crippen molar-refractivity contribution in [2.45, 2.75) is 24.9 Å². The van der Waals surface area contributed by atoms with Crippen LogP contribution in [0, 0.1) is 0 Å². The minimum atomic E-state index is 0.0126. The van der Waals surface area contributed by atoms with Gasteiger partial charge in [0.2, 0.25) is 0 Å². The van der Waals surface area contributed by atoms with Crippen LogP contribution in [0.1, 0.15) is 12.8 Å². The van der Waals surface area contributed by atoms with Gasteiger partial charge >= 0.3 is 0 Å². The second-order valence-electron chi connectivity index (χ2n) is 3.94. The van der Waals surface area contributed by atoms with Gasteiger partial charge in [0, 0.05) is 37.1 Å². The molecule has 0 spiro atoms. The first-order valence-corrected chi connectivity index (χ1v) is 4.84. The van der Waals surface area contributed by atoms with E-state index in [9.17, 15) is 4.79 Å². The van der Waals surface area contributed by atoms with Crippen LogP contribution in [-0.2, 0) is 7.05 Å². The fraction of sp³-hybridized carbons (Fsp3) is 0.500. The Balaban J connectivity index is 2.03. The number of hydrogen-bond donors (Lipinski definition) is 2. The summed E-state index contributed by atoms with van der Waals surface area (Å²) in [7, 11) is 1.74. The lowest BCUT2D eigenvalue weighted by Gasteiger charge is -2.33. The Kier molecular flexibility index (Phi) is 2.29. The van der Waals surface area contributed by atoms with Crippen LogP contribution >= 0.6 is 0 Å². The van der Waals surface area contributed by atoms with Gasteiger partial charge in [0.1, 0.15) is 0 Å². The van der Waals surface area contributed by atoms with Crippen LogP contribution in [0.15, 0.2) is 23.1 Å².